The zero-order chi connectivity index (χ0) is 19.5. The molecule has 0 saturated heterocycles. The van der Waals surface area contributed by atoms with Crippen molar-refractivity contribution in [1.29, 1.82) is 0 Å². The highest BCUT2D eigenvalue weighted by molar-refractivity contribution is 5.85. The number of nitrogens with one attached hydrogen (secondary N) is 1. The Morgan fingerprint density at radius 3 is 2.21 bits per heavy atom. The Kier molecular flexibility index (Phi) is 6.94. The van der Waals surface area contributed by atoms with Gasteiger partial charge in [-0.25, -0.2) is 4.39 Å². The molecule has 0 saturated carbocycles. The molecule has 1 aliphatic carbocycles. The van der Waals surface area contributed by atoms with Crippen molar-refractivity contribution in [2.24, 2.45) is 0 Å². The Morgan fingerprint density at radius 1 is 0.931 bits per heavy atom. The molecule has 2 nitrogen and oxygen atoms in total. The highest BCUT2D eigenvalue weighted by Crippen LogP contribution is 2.36. The second kappa shape index (κ2) is 9.43. The van der Waals surface area contributed by atoms with E-state index in [0.717, 1.165) is 18.6 Å². The molecule has 0 aliphatic heterocycles. The second-order valence-electron chi connectivity index (χ2n) is 7.84. The smallest absolute Gasteiger partial charge is 0.127 e. The van der Waals surface area contributed by atoms with Crippen LogP contribution in [0.4, 0.5) is 4.39 Å². The number of rotatable bonds is 6. The number of benzene rings is 3. The maximum absolute atomic E-state index is 13.0. The lowest BCUT2D eigenvalue weighted by Gasteiger charge is -2.24. The summed E-state index contributed by atoms with van der Waals surface area (Å²) >= 11 is 0. The van der Waals surface area contributed by atoms with Crippen LogP contribution in [0.2, 0.25) is 0 Å². The number of hydrogen-bond acceptors (Lipinski definition) is 2. The summed E-state index contributed by atoms with van der Waals surface area (Å²) in [6.45, 7) is 4.42. The van der Waals surface area contributed by atoms with E-state index in [1.165, 1.54) is 28.8 Å². The molecule has 1 N–H and O–H groups in total. The van der Waals surface area contributed by atoms with E-state index in [9.17, 15) is 4.39 Å². The maximum atomic E-state index is 13.0. The molecule has 0 radical (unpaired) electrons. The van der Waals surface area contributed by atoms with E-state index in [1.807, 2.05) is 12.1 Å². The van der Waals surface area contributed by atoms with Gasteiger partial charge >= 0.3 is 0 Å². The van der Waals surface area contributed by atoms with E-state index in [-0.39, 0.29) is 18.2 Å². The molecule has 0 spiro atoms. The number of halogens is 2. The van der Waals surface area contributed by atoms with Gasteiger partial charge in [0.25, 0.3) is 0 Å². The van der Waals surface area contributed by atoms with Crippen molar-refractivity contribution in [1.82, 2.24) is 5.32 Å². The van der Waals surface area contributed by atoms with E-state index in [0.29, 0.717) is 23.8 Å². The molecule has 2 atom stereocenters. The van der Waals surface area contributed by atoms with Crippen LogP contribution in [0, 0.1) is 5.82 Å². The molecule has 0 fully saturated rings. The summed E-state index contributed by atoms with van der Waals surface area (Å²) in [7, 11) is 0. The third-order valence-corrected chi connectivity index (χ3v) is 5.36. The second-order valence-corrected chi connectivity index (χ2v) is 7.84. The highest BCUT2D eigenvalue weighted by Gasteiger charge is 2.32. The van der Waals surface area contributed by atoms with Gasteiger partial charge in [-0.3, -0.25) is 0 Å². The summed E-state index contributed by atoms with van der Waals surface area (Å²) in [5, 5.41) is 3.75. The largest absolute Gasteiger partial charge is 0.457 e. The van der Waals surface area contributed by atoms with Crippen LogP contribution >= 0.6 is 12.4 Å². The average molecular weight is 412 g/mol. The van der Waals surface area contributed by atoms with Crippen molar-refractivity contribution in [3.63, 3.8) is 0 Å². The van der Waals surface area contributed by atoms with Crippen molar-refractivity contribution in [3.8, 4) is 11.5 Å². The Labute approximate surface area is 178 Å². The van der Waals surface area contributed by atoms with Gasteiger partial charge in [-0.15, -0.1) is 12.4 Å². The molecule has 0 unspecified atom stereocenters. The summed E-state index contributed by atoms with van der Waals surface area (Å²) in [5.41, 5.74) is 4.22. The van der Waals surface area contributed by atoms with Crippen LogP contribution < -0.4 is 10.1 Å². The van der Waals surface area contributed by atoms with E-state index in [1.54, 1.807) is 12.1 Å². The van der Waals surface area contributed by atoms with Gasteiger partial charge in [0.15, 0.2) is 0 Å². The molecule has 4 rings (SSSR count). The third kappa shape index (κ3) is 5.17. The van der Waals surface area contributed by atoms with Crippen molar-refractivity contribution in [3.05, 3.63) is 95.3 Å². The first-order valence-electron chi connectivity index (χ1n) is 9.94. The van der Waals surface area contributed by atoms with E-state index in [2.05, 4.69) is 55.6 Å². The van der Waals surface area contributed by atoms with Gasteiger partial charge in [-0.05, 0) is 65.9 Å². The van der Waals surface area contributed by atoms with Crippen LogP contribution in [-0.4, -0.2) is 12.1 Å². The quantitative estimate of drug-likeness (QED) is 0.514. The first kappa shape index (κ1) is 21.4. The van der Waals surface area contributed by atoms with E-state index >= 15 is 0 Å². The first-order valence-corrected chi connectivity index (χ1v) is 9.94. The third-order valence-electron chi connectivity index (χ3n) is 5.36. The number of hydrogen-bond donors (Lipinski definition) is 1. The van der Waals surface area contributed by atoms with Gasteiger partial charge in [-0.1, -0.05) is 50.2 Å². The molecule has 0 aromatic heterocycles. The lowest BCUT2D eigenvalue weighted by Crippen LogP contribution is -2.38. The lowest BCUT2D eigenvalue weighted by atomic mass is 9.90. The zero-order valence-corrected chi connectivity index (χ0v) is 17.6. The summed E-state index contributed by atoms with van der Waals surface area (Å²) in [6, 6.07) is 24.1. The summed E-state index contributed by atoms with van der Waals surface area (Å²) in [6.07, 6.45) is 2.09. The predicted octanol–water partition coefficient (Wildman–Crippen LogP) is 6.29. The molecule has 0 amide bonds. The van der Waals surface area contributed by atoms with Gasteiger partial charge in [0.1, 0.15) is 17.3 Å². The number of fused-ring (bicyclic) bond motifs is 1. The molecule has 3 aromatic carbocycles. The Hall–Kier alpha value is -2.36. The fraction of sp³-hybridized carbons (Fsp3) is 0.280. The predicted molar refractivity (Wildman–Crippen MR) is 119 cm³/mol. The Balaban J connectivity index is 0.00000240. The summed E-state index contributed by atoms with van der Waals surface area (Å²) < 4.78 is 18.8. The van der Waals surface area contributed by atoms with Crippen molar-refractivity contribution >= 4 is 12.4 Å². The molecule has 152 valence electrons. The van der Waals surface area contributed by atoms with Gasteiger partial charge in [0, 0.05) is 18.0 Å². The Morgan fingerprint density at radius 2 is 1.55 bits per heavy atom. The van der Waals surface area contributed by atoms with Crippen LogP contribution in [0.15, 0.2) is 72.8 Å². The SMILES string of the molecule is CC(C)N[C@@H]1Cc2ccccc2[C@@H]1Cc1ccc(Oc2ccc(F)cc2)cc1.Cl. The van der Waals surface area contributed by atoms with Crippen LogP contribution in [0.25, 0.3) is 0 Å². The monoisotopic (exact) mass is 411 g/mol. The zero-order valence-electron chi connectivity index (χ0n) is 16.8. The van der Waals surface area contributed by atoms with Gasteiger partial charge in [0.2, 0.25) is 0 Å². The minimum absolute atomic E-state index is 0. The minimum atomic E-state index is -0.260. The van der Waals surface area contributed by atoms with E-state index < -0.39 is 0 Å². The molecule has 3 aromatic rings. The van der Waals surface area contributed by atoms with Crippen LogP contribution in [0.3, 0.4) is 0 Å². The van der Waals surface area contributed by atoms with Crippen LogP contribution in [-0.2, 0) is 12.8 Å². The van der Waals surface area contributed by atoms with Crippen molar-refractivity contribution < 1.29 is 9.13 Å². The van der Waals surface area contributed by atoms with Gasteiger partial charge < -0.3 is 10.1 Å². The molecule has 0 heterocycles. The highest BCUT2D eigenvalue weighted by atomic mass is 35.5. The summed E-state index contributed by atoms with van der Waals surface area (Å²) in [4.78, 5) is 0. The maximum Gasteiger partial charge on any atom is 0.127 e. The first-order chi connectivity index (χ1) is 13.6. The standard InChI is InChI=1S/C25H26FNO.ClH/c1-17(2)27-25-16-19-5-3-4-6-23(19)24(25)15-18-7-11-21(12-8-18)28-22-13-9-20(26)10-14-22;/h3-14,17,24-25,27H,15-16H2,1-2H3;1H/t24-,25+;/m0./s1. The molecule has 1 aliphatic rings. The molecular formula is C25H27ClFNO. The van der Waals surface area contributed by atoms with Gasteiger partial charge in [-0.2, -0.15) is 0 Å². The van der Waals surface area contributed by atoms with Crippen LogP contribution in [0.5, 0.6) is 11.5 Å². The number of ether oxygens (including phenoxy) is 1. The molecular weight excluding hydrogens is 385 g/mol. The fourth-order valence-corrected chi connectivity index (χ4v) is 4.12. The van der Waals surface area contributed by atoms with Crippen molar-refractivity contribution in [2.75, 3.05) is 0 Å². The van der Waals surface area contributed by atoms with Gasteiger partial charge in [0.05, 0.1) is 0 Å². The normalized spacial score (nSPS) is 17.7. The fourth-order valence-electron chi connectivity index (χ4n) is 4.12. The summed E-state index contributed by atoms with van der Waals surface area (Å²) in [5.74, 6) is 1.62. The molecule has 0 bridgehead atoms. The van der Waals surface area contributed by atoms with Crippen LogP contribution in [0.1, 0.15) is 36.5 Å². The average Bonchev–Trinajstić information content (AvgIpc) is 3.02. The molecule has 4 heteroatoms. The van der Waals surface area contributed by atoms with Crippen molar-refractivity contribution in [2.45, 2.75) is 44.7 Å². The topological polar surface area (TPSA) is 21.3 Å². The lowest BCUT2D eigenvalue weighted by molar-refractivity contribution is 0.418. The van der Waals surface area contributed by atoms with E-state index in [4.69, 9.17) is 4.74 Å². The minimum Gasteiger partial charge on any atom is -0.457 e. The molecule has 29 heavy (non-hydrogen) atoms. The Bertz CT molecular complexity index is 924.